The summed E-state index contributed by atoms with van der Waals surface area (Å²) in [6.45, 7) is 3.62. The van der Waals surface area contributed by atoms with Gasteiger partial charge in [0.2, 0.25) is 0 Å². The number of rotatable bonds is 7. The molecular formula is C15H19F4N. The van der Waals surface area contributed by atoms with Crippen LogP contribution in [0, 0.1) is 5.82 Å². The van der Waals surface area contributed by atoms with Crippen molar-refractivity contribution in [2.24, 2.45) is 5.73 Å². The molecule has 0 heterocycles. The van der Waals surface area contributed by atoms with Crippen LogP contribution in [0.5, 0.6) is 0 Å². The van der Waals surface area contributed by atoms with E-state index in [1.54, 1.807) is 0 Å². The number of unbranched alkanes of at least 4 members (excludes halogenated alkanes) is 3. The van der Waals surface area contributed by atoms with Crippen molar-refractivity contribution >= 4 is 0 Å². The maximum atomic E-state index is 13.2. The van der Waals surface area contributed by atoms with Crippen LogP contribution in [-0.4, -0.2) is 0 Å². The van der Waals surface area contributed by atoms with E-state index in [1.165, 1.54) is 6.07 Å². The van der Waals surface area contributed by atoms with Gasteiger partial charge in [-0.2, -0.15) is 13.2 Å². The van der Waals surface area contributed by atoms with Crippen LogP contribution < -0.4 is 5.73 Å². The van der Waals surface area contributed by atoms with Gasteiger partial charge in [0, 0.05) is 6.04 Å². The fraction of sp³-hybridized carbons (Fsp3) is 0.467. The minimum absolute atomic E-state index is 0.322. The van der Waals surface area contributed by atoms with E-state index in [1.807, 2.05) is 6.08 Å². The van der Waals surface area contributed by atoms with E-state index in [0.29, 0.717) is 12.0 Å². The van der Waals surface area contributed by atoms with E-state index in [4.69, 9.17) is 5.73 Å². The Labute approximate surface area is 116 Å². The average molecular weight is 289 g/mol. The molecule has 1 rings (SSSR count). The third-order valence-corrected chi connectivity index (χ3v) is 3.15. The molecule has 0 aromatic heterocycles. The SMILES string of the molecule is C=CCCCCCC(N)c1ccc(F)c(C(F)(F)F)c1. The molecule has 0 amide bonds. The number of benzene rings is 1. The van der Waals surface area contributed by atoms with Gasteiger partial charge in [0.05, 0.1) is 5.56 Å². The normalized spacial score (nSPS) is 13.2. The van der Waals surface area contributed by atoms with Crippen molar-refractivity contribution in [3.8, 4) is 0 Å². The molecule has 0 spiro atoms. The molecule has 2 N–H and O–H groups in total. The van der Waals surface area contributed by atoms with Gasteiger partial charge in [0.25, 0.3) is 0 Å². The van der Waals surface area contributed by atoms with Crippen LogP contribution in [0.2, 0.25) is 0 Å². The monoisotopic (exact) mass is 289 g/mol. The lowest BCUT2D eigenvalue weighted by Gasteiger charge is -2.15. The van der Waals surface area contributed by atoms with E-state index in [0.717, 1.165) is 37.8 Å². The van der Waals surface area contributed by atoms with Crippen LogP contribution in [0.25, 0.3) is 0 Å². The number of nitrogens with two attached hydrogens (primary N) is 1. The molecule has 0 radical (unpaired) electrons. The van der Waals surface area contributed by atoms with Gasteiger partial charge in [-0.05, 0) is 37.0 Å². The first-order chi connectivity index (χ1) is 9.36. The number of hydrogen-bond acceptors (Lipinski definition) is 1. The minimum Gasteiger partial charge on any atom is -0.324 e. The highest BCUT2D eigenvalue weighted by molar-refractivity contribution is 5.29. The largest absolute Gasteiger partial charge is 0.419 e. The zero-order valence-corrected chi connectivity index (χ0v) is 11.2. The van der Waals surface area contributed by atoms with Crippen LogP contribution in [0.15, 0.2) is 30.9 Å². The fourth-order valence-corrected chi connectivity index (χ4v) is 1.99. The van der Waals surface area contributed by atoms with Crippen molar-refractivity contribution in [1.82, 2.24) is 0 Å². The van der Waals surface area contributed by atoms with Gasteiger partial charge >= 0.3 is 6.18 Å². The highest BCUT2D eigenvalue weighted by Crippen LogP contribution is 2.33. The zero-order chi connectivity index (χ0) is 15.2. The van der Waals surface area contributed by atoms with Crippen LogP contribution in [-0.2, 0) is 6.18 Å². The molecule has 20 heavy (non-hydrogen) atoms. The van der Waals surface area contributed by atoms with Gasteiger partial charge in [-0.3, -0.25) is 0 Å². The Morgan fingerprint density at radius 2 is 1.90 bits per heavy atom. The minimum atomic E-state index is -4.69. The maximum absolute atomic E-state index is 13.2. The predicted octanol–water partition coefficient (Wildman–Crippen LogP) is 4.98. The van der Waals surface area contributed by atoms with Crippen molar-refractivity contribution in [3.63, 3.8) is 0 Å². The van der Waals surface area contributed by atoms with Gasteiger partial charge in [-0.15, -0.1) is 6.58 Å². The van der Waals surface area contributed by atoms with Crippen molar-refractivity contribution in [3.05, 3.63) is 47.8 Å². The molecule has 0 saturated heterocycles. The summed E-state index contributed by atoms with van der Waals surface area (Å²) in [5, 5.41) is 0. The van der Waals surface area contributed by atoms with E-state index >= 15 is 0 Å². The lowest BCUT2D eigenvalue weighted by molar-refractivity contribution is -0.140. The summed E-state index contributed by atoms with van der Waals surface area (Å²) in [4.78, 5) is 0. The van der Waals surface area contributed by atoms with Crippen LogP contribution in [0.4, 0.5) is 17.6 Å². The van der Waals surface area contributed by atoms with Crippen molar-refractivity contribution in [2.75, 3.05) is 0 Å². The second-order valence-corrected chi connectivity index (χ2v) is 4.77. The number of allylic oxidation sites excluding steroid dienone is 1. The highest BCUT2D eigenvalue weighted by atomic mass is 19.4. The summed E-state index contributed by atoms with van der Waals surface area (Å²) in [6, 6.07) is 2.46. The molecule has 0 aliphatic carbocycles. The smallest absolute Gasteiger partial charge is 0.324 e. The lowest BCUT2D eigenvalue weighted by Crippen LogP contribution is -2.14. The third-order valence-electron chi connectivity index (χ3n) is 3.15. The van der Waals surface area contributed by atoms with Crippen molar-refractivity contribution in [1.29, 1.82) is 0 Å². The van der Waals surface area contributed by atoms with Gasteiger partial charge in [0.15, 0.2) is 0 Å². The Balaban J connectivity index is 2.64. The summed E-state index contributed by atoms with van der Waals surface area (Å²) < 4.78 is 50.9. The molecule has 112 valence electrons. The molecule has 5 heteroatoms. The van der Waals surface area contributed by atoms with Gasteiger partial charge in [-0.25, -0.2) is 4.39 Å². The van der Waals surface area contributed by atoms with E-state index in [9.17, 15) is 17.6 Å². The van der Waals surface area contributed by atoms with E-state index < -0.39 is 23.6 Å². The number of halogens is 4. The molecule has 0 saturated carbocycles. The molecule has 0 bridgehead atoms. The first-order valence-electron chi connectivity index (χ1n) is 6.59. The van der Waals surface area contributed by atoms with Crippen molar-refractivity contribution < 1.29 is 17.6 Å². The quantitative estimate of drug-likeness (QED) is 0.427. The summed E-state index contributed by atoms with van der Waals surface area (Å²) >= 11 is 0. The Hall–Kier alpha value is -1.36. The van der Waals surface area contributed by atoms with E-state index in [2.05, 4.69) is 6.58 Å². The maximum Gasteiger partial charge on any atom is 0.419 e. The zero-order valence-electron chi connectivity index (χ0n) is 11.2. The molecule has 1 atom stereocenters. The molecule has 1 nitrogen and oxygen atoms in total. The Morgan fingerprint density at radius 1 is 1.20 bits per heavy atom. The Kier molecular flexibility index (Phi) is 6.20. The van der Waals surface area contributed by atoms with Gasteiger partial charge in [-0.1, -0.05) is 25.0 Å². The predicted molar refractivity (Wildman–Crippen MR) is 71.6 cm³/mol. The molecule has 1 aromatic rings. The molecule has 0 aliphatic heterocycles. The number of hydrogen-bond donors (Lipinski definition) is 1. The Morgan fingerprint density at radius 3 is 2.50 bits per heavy atom. The molecule has 1 unspecified atom stereocenters. The molecular weight excluding hydrogens is 270 g/mol. The molecule has 0 aliphatic rings. The van der Waals surface area contributed by atoms with Crippen LogP contribution in [0.3, 0.4) is 0 Å². The first kappa shape index (κ1) is 16.7. The summed E-state index contributed by atoms with van der Waals surface area (Å²) in [5.41, 5.74) is 4.93. The highest BCUT2D eigenvalue weighted by Gasteiger charge is 2.34. The van der Waals surface area contributed by atoms with Crippen molar-refractivity contribution in [2.45, 2.75) is 44.3 Å². The second-order valence-electron chi connectivity index (χ2n) is 4.77. The number of alkyl halides is 3. The first-order valence-corrected chi connectivity index (χ1v) is 6.59. The second kappa shape index (κ2) is 7.43. The summed E-state index contributed by atoms with van der Waals surface area (Å²) in [7, 11) is 0. The summed E-state index contributed by atoms with van der Waals surface area (Å²) in [5.74, 6) is -1.26. The lowest BCUT2D eigenvalue weighted by atomic mass is 9.98. The summed E-state index contributed by atoms with van der Waals surface area (Å²) in [6.07, 6.45) is 1.41. The average Bonchev–Trinajstić information content (AvgIpc) is 2.37. The van der Waals surface area contributed by atoms with Crippen LogP contribution in [0.1, 0.15) is 49.3 Å². The van der Waals surface area contributed by atoms with E-state index in [-0.39, 0.29) is 0 Å². The van der Waals surface area contributed by atoms with Crippen LogP contribution >= 0.6 is 0 Å². The third kappa shape index (κ3) is 4.96. The molecule has 0 fully saturated rings. The standard InChI is InChI=1S/C15H19F4N/c1-2-3-4-5-6-7-14(20)11-8-9-13(16)12(10-11)15(17,18)19/h2,8-10,14H,1,3-7,20H2. The topological polar surface area (TPSA) is 26.0 Å². The van der Waals surface area contributed by atoms with Gasteiger partial charge < -0.3 is 5.73 Å². The van der Waals surface area contributed by atoms with Gasteiger partial charge in [0.1, 0.15) is 5.82 Å². The Bertz CT molecular complexity index is 440. The molecule has 1 aromatic carbocycles. The fourth-order valence-electron chi connectivity index (χ4n) is 1.99.